The molecule has 1 atom stereocenters. The van der Waals surface area contributed by atoms with Crippen LogP contribution in [0.4, 0.5) is 4.79 Å². The summed E-state index contributed by atoms with van der Waals surface area (Å²) in [6.07, 6.45) is -1.17. The van der Waals surface area contributed by atoms with Gasteiger partial charge in [0.05, 0.1) is 11.6 Å². The van der Waals surface area contributed by atoms with Crippen molar-refractivity contribution in [2.75, 3.05) is 6.61 Å². The van der Waals surface area contributed by atoms with Gasteiger partial charge in [0.15, 0.2) is 12.7 Å². The highest BCUT2D eigenvalue weighted by molar-refractivity contribution is 5.97. The Bertz CT molecular complexity index is 860. The minimum absolute atomic E-state index is 0.257. The molecule has 0 aliphatic heterocycles. The molecule has 0 spiro atoms. The van der Waals surface area contributed by atoms with Crippen LogP contribution >= 0.6 is 0 Å². The molecule has 0 radical (unpaired) electrons. The average Bonchev–Trinajstić information content (AvgIpc) is 2.71. The number of imide groups is 1. The SMILES string of the molecule is CC(OC(=O)COc1ccc(C#N)cc1)C(=O)NC(=O)NCc1ccccc1. The Kier molecular flexibility index (Phi) is 7.54. The molecule has 2 N–H and O–H groups in total. The predicted octanol–water partition coefficient (Wildman–Crippen LogP) is 1.89. The van der Waals surface area contributed by atoms with Gasteiger partial charge in [0.2, 0.25) is 0 Å². The van der Waals surface area contributed by atoms with Gasteiger partial charge in [-0.1, -0.05) is 30.3 Å². The van der Waals surface area contributed by atoms with Crippen molar-refractivity contribution in [1.29, 1.82) is 5.26 Å². The summed E-state index contributed by atoms with van der Waals surface area (Å²) in [4.78, 5) is 35.4. The lowest BCUT2D eigenvalue weighted by Gasteiger charge is -2.13. The number of amides is 3. The number of hydrogen-bond donors (Lipinski definition) is 2. The lowest BCUT2D eigenvalue weighted by Crippen LogP contribution is -2.44. The molecule has 0 aliphatic rings. The highest BCUT2D eigenvalue weighted by Crippen LogP contribution is 2.11. The Balaban J connectivity index is 1.70. The lowest BCUT2D eigenvalue weighted by atomic mass is 10.2. The molecule has 2 aromatic rings. The number of nitriles is 1. The number of ether oxygens (including phenoxy) is 2. The molecule has 2 rings (SSSR count). The average molecular weight is 381 g/mol. The van der Waals surface area contributed by atoms with Gasteiger partial charge in [0.25, 0.3) is 5.91 Å². The van der Waals surface area contributed by atoms with Crippen LogP contribution in [0.5, 0.6) is 5.75 Å². The molecule has 0 fully saturated rings. The fraction of sp³-hybridized carbons (Fsp3) is 0.200. The third-order valence-corrected chi connectivity index (χ3v) is 3.55. The second-order valence-electron chi connectivity index (χ2n) is 5.71. The summed E-state index contributed by atoms with van der Waals surface area (Å²) in [7, 11) is 0. The molecule has 1 unspecified atom stereocenters. The molecule has 0 aromatic heterocycles. The molecule has 0 saturated heterocycles. The molecule has 0 bridgehead atoms. The van der Waals surface area contributed by atoms with Gasteiger partial charge in [0, 0.05) is 6.54 Å². The zero-order valence-corrected chi connectivity index (χ0v) is 15.2. The van der Waals surface area contributed by atoms with Crippen LogP contribution in [0.3, 0.4) is 0 Å². The summed E-state index contributed by atoms with van der Waals surface area (Å²) in [5.41, 5.74) is 1.34. The summed E-state index contributed by atoms with van der Waals surface area (Å²) in [6.45, 7) is 1.19. The molecule has 0 saturated carbocycles. The highest BCUT2D eigenvalue weighted by Gasteiger charge is 2.20. The maximum Gasteiger partial charge on any atom is 0.344 e. The molecular weight excluding hydrogens is 362 g/mol. The minimum Gasteiger partial charge on any atom is -0.482 e. The first kappa shape index (κ1) is 20.5. The van der Waals surface area contributed by atoms with Gasteiger partial charge in [0.1, 0.15) is 5.75 Å². The molecule has 0 aliphatic carbocycles. The van der Waals surface area contributed by atoms with Crippen molar-refractivity contribution in [2.24, 2.45) is 0 Å². The van der Waals surface area contributed by atoms with E-state index in [2.05, 4.69) is 10.6 Å². The third kappa shape index (κ3) is 6.80. The van der Waals surface area contributed by atoms with Crippen molar-refractivity contribution in [2.45, 2.75) is 19.6 Å². The Morgan fingerprint density at radius 3 is 2.39 bits per heavy atom. The van der Waals surface area contributed by atoms with E-state index in [1.54, 1.807) is 24.3 Å². The number of carbonyl (C=O) groups excluding carboxylic acids is 3. The predicted molar refractivity (Wildman–Crippen MR) is 99.0 cm³/mol. The van der Waals surface area contributed by atoms with E-state index in [4.69, 9.17) is 14.7 Å². The summed E-state index contributed by atoms with van der Waals surface area (Å²) in [5.74, 6) is -1.14. The Morgan fingerprint density at radius 2 is 1.75 bits per heavy atom. The van der Waals surface area contributed by atoms with Crippen LogP contribution in [0, 0.1) is 11.3 Å². The normalized spacial score (nSPS) is 10.9. The van der Waals surface area contributed by atoms with Gasteiger partial charge < -0.3 is 14.8 Å². The van der Waals surface area contributed by atoms with Crippen molar-refractivity contribution in [3.05, 3.63) is 65.7 Å². The number of esters is 1. The first-order chi connectivity index (χ1) is 13.5. The van der Waals surface area contributed by atoms with E-state index in [0.29, 0.717) is 11.3 Å². The van der Waals surface area contributed by atoms with Crippen molar-refractivity contribution in [1.82, 2.24) is 10.6 Å². The summed E-state index contributed by atoms with van der Waals surface area (Å²) >= 11 is 0. The topological polar surface area (TPSA) is 118 Å². The largest absolute Gasteiger partial charge is 0.482 e. The fourth-order valence-corrected chi connectivity index (χ4v) is 2.09. The van der Waals surface area contributed by atoms with Crippen LogP contribution < -0.4 is 15.4 Å². The molecule has 144 valence electrons. The zero-order chi connectivity index (χ0) is 20.4. The van der Waals surface area contributed by atoms with E-state index in [1.165, 1.54) is 6.92 Å². The number of nitrogens with zero attached hydrogens (tertiary/aromatic N) is 1. The van der Waals surface area contributed by atoms with Crippen LogP contribution in [-0.2, 0) is 20.9 Å². The molecule has 3 amide bonds. The van der Waals surface area contributed by atoms with E-state index in [1.807, 2.05) is 36.4 Å². The van der Waals surface area contributed by atoms with Crippen LogP contribution in [-0.4, -0.2) is 30.6 Å². The monoisotopic (exact) mass is 381 g/mol. The van der Waals surface area contributed by atoms with Crippen molar-refractivity contribution < 1.29 is 23.9 Å². The molecule has 2 aromatic carbocycles. The van der Waals surface area contributed by atoms with E-state index in [9.17, 15) is 14.4 Å². The minimum atomic E-state index is -1.17. The second kappa shape index (κ2) is 10.3. The molecule has 0 heterocycles. The summed E-state index contributed by atoms with van der Waals surface area (Å²) in [6, 6.07) is 16.6. The molecular formula is C20H19N3O5. The number of nitrogens with one attached hydrogen (secondary N) is 2. The van der Waals surface area contributed by atoms with E-state index in [0.717, 1.165) is 5.56 Å². The molecule has 28 heavy (non-hydrogen) atoms. The Morgan fingerprint density at radius 1 is 1.07 bits per heavy atom. The maximum absolute atomic E-state index is 11.9. The van der Waals surface area contributed by atoms with Crippen LogP contribution in [0.2, 0.25) is 0 Å². The first-order valence-corrected chi connectivity index (χ1v) is 8.43. The Labute approximate surface area is 162 Å². The van der Waals surface area contributed by atoms with Gasteiger partial charge in [-0.25, -0.2) is 9.59 Å². The highest BCUT2D eigenvalue weighted by atomic mass is 16.6. The smallest absolute Gasteiger partial charge is 0.344 e. The van der Waals surface area contributed by atoms with Crippen LogP contribution in [0.1, 0.15) is 18.1 Å². The second-order valence-corrected chi connectivity index (χ2v) is 5.71. The zero-order valence-electron chi connectivity index (χ0n) is 15.2. The molecule has 8 nitrogen and oxygen atoms in total. The fourth-order valence-electron chi connectivity index (χ4n) is 2.09. The van der Waals surface area contributed by atoms with Crippen molar-refractivity contribution in [3.8, 4) is 11.8 Å². The van der Waals surface area contributed by atoms with Gasteiger partial charge in [-0.15, -0.1) is 0 Å². The maximum atomic E-state index is 11.9. The number of urea groups is 1. The van der Waals surface area contributed by atoms with Gasteiger partial charge in [-0.3, -0.25) is 10.1 Å². The van der Waals surface area contributed by atoms with Gasteiger partial charge in [-0.05, 0) is 36.8 Å². The summed E-state index contributed by atoms with van der Waals surface area (Å²) < 4.78 is 10.2. The van der Waals surface area contributed by atoms with Gasteiger partial charge in [-0.2, -0.15) is 5.26 Å². The van der Waals surface area contributed by atoms with E-state index < -0.39 is 30.6 Å². The number of rotatable bonds is 7. The number of hydrogen-bond acceptors (Lipinski definition) is 6. The standard InChI is InChI=1S/C20H19N3O5/c1-14(19(25)23-20(26)22-12-16-5-3-2-4-6-16)28-18(24)13-27-17-9-7-15(11-21)8-10-17/h2-10,14H,12-13H2,1H3,(H2,22,23,25,26). The van der Waals surface area contributed by atoms with E-state index >= 15 is 0 Å². The van der Waals surface area contributed by atoms with Crippen LogP contribution in [0.15, 0.2) is 54.6 Å². The lowest BCUT2D eigenvalue weighted by molar-refractivity contribution is -0.156. The van der Waals surface area contributed by atoms with E-state index in [-0.39, 0.29) is 6.54 Å². The van der Waals surface area contributed by atoms with Crippen LogP contribution in [0.25, 0.3) is 0 Å². The number of benzene rings is 2. The number of carbonyl (C=O) groups is 3. The Hall–Kier alpha value is -3.86. The molecule has 8 heteroatoms. The van der Waals surface area contributed by atoms with Crippen molar-refractivity contribution in [3.63, 3.8) is 0 Å². The van der Waals surface area contributed by atoms with Gasteiger partial charge >= 0.3 is 12.0 Å². The first-order valence-electron chi connectivity index (χ1n) is 8.43. The van der Waals surface area contributed by atoms with Crippen molar-refractivity contribution >= 4 is 17.9 Å². The quantitative estimate of drug-likeness (QED) is 0.707. The summed E-state index contributed by atoms with van der Waals surface area (Å²) in [5, 5.41) is 13.4. The third-order valence-electron chi connectivity index (χ3n) is 3.55.